The predicted molar refractivity (Wildman–Crippen MR) is 125 cm³/mol. The Morgan fingerprint density at radius 3 is 2.50 bits per heavy atom. The second kappa shape index (κ2) is 12.1. The topological polar surface area (TPSA) is 78.4 Å². The zero-order valence-corrected chi connectivity index (χ0v) is 19.4. The van der Waals surface area contributed by atoms with Gasteiger partial charge in [0.1, 0.15) is 6.61 Å². The second-order valence-corrected chi connectivity index (χ2v) is 7.02. The molecule has 0 saturated carbocycles. The van der Waals surface area contributed by atoms with E-state index in [1.807, 2.05) is 19.9 Å². The molecule has 0 aromatic heterocycles. The van der Waals surface area contributed by atoms with Crippen molar-refractivity contribution in [3.63, 3.8) is 0 Å². The molecule has 0 aliphatic carbocycles. The summed E-state index contributed by atoms with van der Waals surface area (Å²) in [5.41, 5.74) is 3.69. The third-order valence-electron chi connectivity index (χ3n) is 3.78. The van der Waals surface area contributed by atoms with Crippen LogP contribution < -0.4 is 24.4 Å². The molecule has 0 atom stereocenters. The van der Waals surface area contributed by atoms with E-state index in [9.17, 15) is 4.79 Å². The Morgan fingerprint density at radius 2 is 1.83 bits per heavy atom. The highest BCUT2D eigenvalue weighted by atomic mass is 127. The first-order valence-electron chi connectivity index (χ1n) is 9.38. The number of hydrazone groups is 1. The van der Waals surface area contributed by atoms with Crippen molar-refractivity contribution in [2.45, 2.75) is 13.8 Å². The van der Waals surface area contributed by atoms with Gasteiger partial charge in [-0.2, -0.15) is 5.10 Å². The first kappa shape index (κ1) is 23.5. The minimum absolute atomic E-state index is 0.361. The Kier molecular flexibility index (Phi) is 9.46. The number of nitrogens with one attached hydrogen (secondary N) is 1. The number of nitrogens with zero attached hydrogens (tertiary/aromatic N) is 1. The summed E-state index contributed by atoms with van der Waals surface area (Å²) in [6.07, 6.45) is 3.22. The molecule has 0 spiro atoms. The van der Waals surface area contributed by atoms with E-state index < -0.39 is 0 Å². The van der Waals surface area contributed by atoms with Gasteiger partial charge in [0.25, 0.3) is 5.91 Å². The number of methoxy groups -OCH3 is 1. The molecule has 2 rings (SSSR count). The van der Waals surface area contributed by atoms with Crippen LogP contribution in [-0.2, 0) is 0 Å². The summed E-state index contributed by atoms with van der Waals surface area (Å²) in [5.74, 6) is 1.97. The first-order chi connectivity index (χ1) is 14.5. The van der Waals surface area contributed by atoms with Crippen molar-refractivity contribution < 1.29 is 23.7 Å². The van der Waals surface area contributed by atoms with Crippen LogP contribution in [0.25, 0.3) is 0 Å². The van der Waals surface area contributed by atoms with Gasteiger partial charge in [-0.3, -0.25) is 4.79 Å². The van der Waals surface area contributed by atoms with Gasteiger partial charge in [0.15, 0.2) is 23.0 Å². The number of benzene rings is 2. The number of rotatable bonds is 11. The van der Waals surface area contributed by atoms with Crippen LogP contribution in [0.3, 0.4) is 0 Å². The fourth-order valence-corrected chi connectivity index (χ4v) is 3.31. The number of hydrogen-bond donors (Lipinski definition) is 1. The van der Waals surface area contributed by atoms with Gasteiger partial charge in [-0.05, 0) is 72.3 Å². The highest BCUT2D eigenvalue weighted by Gasteiger charge is 2.12. The SMILES string of the molecule is C=CCOc1c(I)cc(/C=N/NC(=O)c2ccc(OC)c(OCC)c2)cc1OCC. The fraction of sp³-hybridized carbons (Fsp3) is 0.273. The van der Waals surface area contributed by atoms with Crippen molar-refractivity contribution in [1.29, 1.82) is 0 Å². The second-order valence-electron chi connectivity index (χ2n) is 5.86. The Hall–Kier alpha value is -2.75. The Labute approximate surface area is 190 Å². The Morgan fingerprint density at radius 1 is 1.10 bits per heavy atom. The van der Waals surface area contributed by atoms with Gasteiger partial charge < -0.3 is 18.9 Å². The Bertz CT molecular complexity index is 915. The molecule has 2 aromatic rings. The summed E-state index contributed by atoms with van der Waals surface area (Å²) in [6, 6.07) is 8.64. The monoisotopic (exact) mass is 524 g/mol. The van der Waals surface area contributed by atoms with E-state index in [0.717, 1.165) is 9.13 Å². The summed E-state index contributed by atoms with van der Waals surface area (Å²) in [6.45, 7) is 8.77. The van der Waals surface area contributed by atoms with E-state index in [0.29, 0.717) is 48.4 Å². The number of carbonyl (C=O) groups excluding carboxylic acids is 1. The average molecular weight is 524 g/mol. The van der Waals surface area contributed by atoms with E-state index in [4.69, 9.17) is 18.9 Å². The lowest BCUT2D eigenvalue weighted by atomic mass is 10.2. The lowest BCUT2D eigenvalue weighted by Gasteiger charge is -2.13. The van der Waals surface area contributed by atoms with Crippen molar-refractivity contribution in [3.05, 3.63) is 57.7 Å². The molecule has 0 unspecified atom stereocenters. The molecule has 30 heavy (non-hydrogen) atoms. The molecule has 160 valence electrons. The molecule has 0 heterocycles. The van der Waals surface area contributed by atoms with Crippen molar-refractivity contribution in [1.82, 2.24) is 5.43 Å². The molecule has 0 radical (unpaired) electrons. The van der Waals surface area contributed by atoms with E-state index >= 15 is 0 Å². The van der Waals surface area contributed by atoms with Gasteiger partial charge in [-0.15, -0.1) is 0 Å². The highest BCUT2D eigenvalue weighted by Crippen LogP contribution is 2.34. The molecule has 0 aliphatic heterocycles. The van der Waals surface area contributed by atoms with Gasteiger partial charge in [0, 0.05) is 5.56 Å². The summed E-state index contributed by atoms with van der Waals surface area (Å²) >= 11 is 2.17. The van der Waals surface area contributed by atoms with E-state index in [1.54, 1.807) is 43.7 Å². The van der Waals surface area contributed by atoms with Gasteiger partial charge in [0.05, 0.1) is 30.1 Å². The van der Waals surface area contributed by atoms with Gasteiger partial charge >= 0.3 is 0 Å². The molecule has 0 bridgehead atoms. The number of ether oxygens (including phenoxy) is 4. The molecule has 2 aromatic carbocycles. The first-order valence-corrected chi connectivity index (χ1v) is 10.5. The van der Waals surface area contributed by atoms with Crippen LogP contribution in [0.5, 0.6) is 23.0 Å². The van der Waals surface area contributed by atoms with Crippen LogP contribution in [-0.4, -0.2) is 39.1 Å². The zero-order valence-electron chi connectivity index (χ0n) is 17.2. The maximum Gasteiger partial charge on any atom is 0.271 e. The molecule has 1 N–H and O–H groups in total. The predicted octanol–water partition coefficient (Wildman–Crippen LogP) is 4.43. The van der Waals surface area contributed by atoms with Crippen LogP contribution in [0.2, 0.25) is 0 Å². The van der Waals surface area contributed by atoms with Crippen molar-refractivity contribution in [3.8, 4) is 23.0 Å². The van der Waals surface area contributed by atoms with Crippen molar-refractivity contribution in [2.75, 3.05) is 26.9 Å². The number of amides is 1. The van der Waals surface area contributed by atoms with Crippen molar-refractivity contribution >= 4 is 34.7 Å². The van der Waals surface area contributed by atoms with Crippen molar-refractivity contribution in [2.24, 2.45) is 5.10 Å². The molecule has 8 heteroatoms. The van der Waals surface area contributed by atoms with Gasteiger partial charge in [-0.1, -0.05) is 12.7 Å². The van der Waals surface area contributed by atoms with E-state index in [1.165, 1.54) is 0 Å². The number of halogens is 1. The molecular formula is C22H25IN2O5. The number of hydrogen-bond acceptors (Lipinski definition) is 6. The number of carbonyl (C=O) groups is 1. The van der Waals surface area contributed by atoms with Gasteiger partial charge in [0.2, 0.25) is 0 Å². The van der Waals surface area contributed by atoms with Crippen LogP contribution >= 0.6 is 22.6 Å². The molecule has 0 fully saturated rings. The molecule has 7 nitrogen and oxygen atoms in total. The summed E-state index contributed by atoms with van der Waals surface area (Å²) in [5, 5.41) is 4.06. The van der Waals surface area contributed by atoms with E-state index in [-0.39, 0.29) is 5.91 Å². The lowest BCUT2D eigenvalue weighted by molar-refractivity contribution is 0.0954. The van der Waals surface area contributed by atoms with Crippen LogP contribution in [0.15, 0.2) is 48.1 Å². The third-order valence-corrected chi connectivity index (χ3v) is 4.58. The summed E-state index contributed by atoms with van der Waals surface area (Å²) in [4.78, 5) is 12.4. The molecular weight excluding hydrogens is 499 g/mol. The van der Waals surface area contributed by atoms with Crippen LogP contribution in [0.4, 0.5) is 0 Å². The van der Waals surface area contributed by atoms with Crippen LogP contribution in [0, 0.1) is 3.57 Å². The lowest BCUT2D eigenvalue weighted by Crippen LogP contribution is -2.17. The minimum atomic E-state index is -0.361. The van der Waals surface area contributed by atoms with E-state index in [2.05, 4.69) is 39.7 Å². The maximum absolute atomic E-state index is 12.4. The largest absolute Gasteiger partial charge is 0.493 e. The molecule has 1 amide bonds. The molecule has 0 aliphatic rings. The normalized spacial score (nSPS) is 10.5. The highest BCUT2D eigenvalue weighted by molar-refractivity contribution is 14.1. The van der Waals surface area contributed by atoms with Gasteiger partial charge in [-0.25, -0.2) is 5.43 Å². The summed E-state index contributed by atoms with van der Waals surface area (Å²) < 4.78 is 23.0. The third kappa shape index (κ3) is 6.38. The smallest absolute Gasteiger partial charge is 0.271 e. The quantitative estimate of drug-likeness (QED) is 0.204. The fourth-order valence-electron chi connectivity index (χ4n) is 2.52. The average Bonchev–Trinajstić information content (AvgIpc) is 2.73. The summed E-state index contributed by atoms with van der Waals surface area (Å²) in [7, 11) is 1.55. The van der Waals surface area contributed by atoms with Crippen LogP contribution in [0.1, 0.15) is 29.8 Å². The zero-order chi connectivity index (χ0) is 21.9. The molecule has 0 saturated heterocycles. The maximum atomic E-state index is 12.4. The standard InChI is InChI=1S/C22H25IN2O5/c1-5-10-30-21-17(23)11-15(12-20(21)29-7-3)14-24-25-22(26)16-8-9-18(27-4)19(13-16)28-6-2/h5,8-9,11-14H,1,6-7,10H2,2-4H3,(H,25,26)/b24-14+. The Balaban J connectivity index is 2.15. The minimum Gasteiger partial charge on any atom is -0.493 e.